The number of rotatable bonds is 2. The van der Waals surface area contributed by atoms with Crippen LogP contribution in [-0.2, 0) is 0 Å². The van der Waals surface area contributed by atoms with Crippen LogP contribution < -0.4 is 5.32 Å². The van der Waals surface area contributed by atoms with Crippen LogP contribution in [0.4, 0.5) is 5.82 Å². The molecular weight excluding hydrogens is 208 g/mol. The number of benzene rings is 1. The first-order valence-electron chi connectivity index (χ1n) is 4.69. The smallest absolute Gasteiger partial charge is 0.260 e. The van der Waals surface area contributed by atoms with Crippen molar-refractivity contribution in [3.63, 3.8) is 0 Å². The standard InChI is InChI=1S/C11H10N2O3/c1-7-3-2-4-8(10(7)14)11(15)12-9-5-6-16-13-9/h2-6,14H,1H3,(H,12,13,15). The molecule has 1 aromatic carbocycles. The zero-order chi connectivity index (χ0) is 11.5. The molecule has 0 fully saturated rings. The zero-order valence-electron chi connectivity index (χ0n) is 8.60. The van der Waals surface area contributed by atoms with E-state index >= 15 is 0 Å². The number of hydrogen-bond acceptors (Lipinski definition) is 4. The SMILES string of the molecule is Cc1cccc(C(=O)Nc2ccon2)c1O. The summed E-state index contributed by atoms with van der Waals surface area (Å²) in [6.07, 6.45) is 1.35. The molecular formula is C11H10N2O3. The highest BCUT2D eigenvalue weighted by Crippen LogP contribution is 2.22. The van der Waals surface area contributed by atoms with Gasteiger partial charge in [0.15, 0.2) is 5.82 Å². The van der Waals surface area contributed by atoms with Crippen molar-refractivity contribution in [3.8, 4) is 5.75 Å². The van der Waals surface area contributed by atoms with E-state index < -0.39 is 5.91 Å². The van der Waals surface area contributed by atoms with Crippen molar-refractivity contribution >= 4 is 11.7 Å². The van der Waals surface area contributed by atoms with Crippen LogP contribution in [0.3, 0.4) is 0 Å². The number of hydrogen-bond donors (Lipinski definition) is 2. The number of phenolic OH excluding ortho intramolecular Hbond substituents is 1. The average Bonchev–Trinajstić information content (AvgIpc) is 2.74. The Morgan fingerprint density at radius 2 is 2.25 bits per heavy atom. The molecule has 5 nitrogen and oxygen atoms in total. The summed E-state index contributed by atoms with van der Waals surface area (Å²) >= 11 is 0. The van der Waals surface area contributed by atoms with Gasteiger partial charge in [-0.05, 0) is 18.6 Å². The van der Waals surface area contributed by atoms with Crippen molar-refractivity contribution in [2.45, 2.75) is 6.92 Å². The molecule has 0 bridgehead atoms. The third kappa shape index (κ3) is 1.88. The van der Waals surface area contributed by atoms with E-state index in [-0.39, 0.29) is 11.3 Å². The number of phenols is 1. The van der Waals surface area contributed by atoms with Crippen molar-refractivity contribution in [1.82, 2.24) is 5.16 Å². The molecule has 5 heteroatoms. The van der Waals surface area contributed by atoms with E-state index in [2.05, 4.69) is 15.0 Å². The summed E-state index contributed by atoms with van der Waals surface area (Å²) in [5.74, 6) is -0.135. The van der Waals surface area contributed by atoms with Gasteiger partial charge in [-0.1, -0.05) is 17.3 Å². The van der Waals surface area contributed by atoms with Gasteiger partial charge in [-0.3, -0.25) is 4.79 Å². The van der Waals surface area contributed by atoms with Gasteiger partial charge < -0.3 is 14.9 Å². The highest BCUT2D eigenvalue weighted by atomic mass is 16.5. The molecule has 1 heterocycles. The van der Waals surface area contributed by atoms with Gasteiger partial charge >= 0.3 is 0 Å². The lowest BCUT2D eigenvalue weighted by atomic mass is 10.1. The molecule has 0 saturated carbocycles. The molecule has 0 unspecified atom stereocenters. The number of para-hydroxylation sites is 1. The molecule has 1 aromatic heterocycles. The van der Waals surface area contributed by atoms with Gasteiger partial charge in [0.25, 0.3) is 5.91 Å². The van der Waals surface area contributed by atoms with Crippen LogP contribution >= 0.6 is 0 Å². The van der Waals surface area contributed by atoms with Gasteiger partial charge in [0.05, 0.1) is 5.56 Å². The molecule has 82 valence electrons. The molecule has 0 spiro atoms. The molecule has 1 amide bonds. The highest BCUT2D eigenvalue weighted by molar-refractivity contribution is 6.05. The number of anilines is 1. The van der Waals surface area contributed by atoms with Gasteiger partial charge in [-0.25, -0.2) is 0 Å². The van der Waals surface area contributed by atoms with Gasteiger partial charge in [0.2, 0.25) is 0 Å². The molecule has 2 aromatic rings. The highest BCUT2D eigenvalue weighted by Gasteiger charge is 2.13. The molecule has 2 N–H and O–H groups in total. The first kappa shape index (κ1) is 10.2. The van der Waals surface area contributed by atoms with Crippen molar-refractivity contribution in [1.29, 1.82) is 0 Å². The molecule has 0 radical (unpaired) electrons. The fraction of sp³-hybridized carbons (Fsp3) is 0.0909. The fourth-order valence-electron chi connectivity index (χ4n) is 1.30. The lowest BCUT2D eigenvalue weighted by molar-refractivity contribution is 0.102. The Bertz CT molecular complexity index is 506. The van der Waals surface area contributed by atoms with E-state index in [1.165, 1.54) is 18.4 Å². The summed E-state index contributed by atoms with van der Waals surface area (Å²) in [6, 6.07) is 6.48. The molecule has 0 aliphatic rings. The fourth-order valence-corrected chi connectivity index (χ4v) is 1.30. The quantitative estimate of drug-likeness (QED) is 0.807. The normalized spacial score (nSPS) is 10.1. The van der Waals surface area contributed by atoms with Gasteiger partial charge in [-0.2, -0.15) is 0 Å². The number of aromatic nitrogens is 1. The molecule has 2 rings (SSSR count). The third-order valence-electron chi connectivity index (χ3n) is 2.16. The van der Waals surface area contributed by atoms with Crippen LogP contribution in [0.1, 0.15) is 15.9 Å². The van der Waals surface area contributed by atoms with E-state index in [4.69, 9.17) is 0 Å². The Morgan fingerprint density at radius 3 is 2.94 bits per heavy atom. The van der Waals surface area contributed by atoms with Crippen LogP contribution in [0.2, 0.25) is 0 Å². The first-order valence-corrected chi connectivity index (χ1v) is 4.69. The largest absolute Gasteiger partial charge is 0.507 e. The number of carbonyl (C=O) groups excluding carboxylic acids is 1. The van der Waals surface area contributed by atoms with Crippen LogP contribution in [0.5, 0.6) is 5.75 Å². The van der Waals surface area contributed by atoms with Crippen LogP contribution in [0, 0.1) is 6.92 Å². The minimum Gasteiger partial charge on any atom is -0.507 e. The second-order valence-electron chi connectivity index (χ2n) is 3.31. The Kier molecular flexibility index (Phi) is 2.59. The van der Waals surface area contributed by atoms with E-state index in [0.29, 0.717) is 11.4 Å². The summed E-state index contributed by atoms with van der Waals surface area (Å²) in [7, 11) is 0. The predicted molar refractivity (Wildman–Crippen MR) is 57.3 cm³/mol. The number of aryl methyl sites for hydroxylation is 1. The maximum atomic E-state index is 11.7. The summed E-state index contributed by atoms with van der Waals surface area (Å²) in [6.45, 7) is 1.72. The predicted octanol–water partition coefficient (Wildman–Crippen LogP) is 1.94. The Hall–Kier alpha value is -2.30. The minimum atomic E-state index is -0.421. The monoisotopic (exact) mass is 218 g/mol. The Balaban J connectivity index is 2.24. The second-order valence-corrected chi connectivity index (χ2v) is 3.31. The number of aromatic hydroxyl groups is 1. The maximum Gasteiger partial charge on any atom is 0.260 e. The van der Waals surface area contributed by atoms with E-state index in [1.54, 1.807) is 19.1 Å². The third-order valence-corrected chi connectivity index (χ3v) is 2.16. The second kappa shape index (κ2) is 4.06. The van der Waals surface area contributed by atoms with Gasteiger partial charge in [0.1, 0.15) is 12.0 Å². The minimum absolute atomic E-state index is 0.0245. The first-order chi connectivity index (χ1) is 7.68. The van der Waals surface area contributed by atoms with E-state index in [1.807, 2.05) is 0 Å². The lowest BCUT2D eigenvalue weighted by Gasteiger charge is -2.05. The summed E-state index contributed by atoms with van der Waals surface area (Å²) in [5.41, 5.74) is 0.857. The number of nitrogens with one attached hydrogen (secondary N) is 1. The van der Waals surface area contributed by atoms with Crippen molar-refractivity contribution in [3.05, 3.63) is 41.7 Å². The lowest BCUT2D eigenvalue weighted by Crippen LogP contribution is -2.12. The molecule has 0 atom stereocenters. The van der Waals surface area contributed by atoms with Crippen LogP contribution in [-0.4, -0.2) is 16.2 Å². The molecule has 16 heavy (non-hydrogen) atoms. The molecule has 0 aliphatic carbocycles. The van der Waals surface area contributed by atoms with E-state index in [0.717, 1.165) is 0 Å². The topological polar surface area (TPSA) is 75.4 Å². The van der Waals surface area contributed by atoms with Gasteiger partial charge in [0, 0.05) is 6.07 Å². The molecule has 0 saturated heterocycles. The number of carbonyl (C=O) groups is 1. The number of nitrogens with zero attached hydrogens (tertiary/aromatic N) is 1. The van der Waals surface area contributed by atoms with Crippen molar-refractivity contribution in [2.75, 3.05) is 5.32 Å². The zero-order valence-corrected chi connectivity index (χ0v) is 8.60. The summed E-state index contributed by atoms with van der Waals surface area (Å²) in [4.78, 5) is 11.7. The maximum absolute atomic E-state index is 11.7. The van der Waals surface area contributed by atoms with Crippen LogP contribution in [0.15, 0.2) is 35.1 Å². The average molecular weight is 218 g/mol. The summed E-state index contributed by atoms with van der Waals surface area (Å²) < 4.78 is 4.58. The van der Waals surface area contributed by atoms with Crippen molar-refractivity contribution in [2.24, 2.45) is 0 Å². The summed E-state index contributed by atoms with van der Waals surface area (Å²) in [5, 5.41) is 15.7. The molecule has 0 aliphatic heterocycles. The van der Waals surface area contributed by atoms with E-state index in [9.17, 15) is 9.90 Å². The van der Waals surface area contributed by atoms with Crippen LogP contribution in [0.25, 0.3) is 0 Å². The Labute approximate surface area is 91.7 Å². The Morgan fingerprint density at radius 1 is 1.44 bits per heavy atom. The number of amides is 1. The van der Waals surface area contributed by atoms with Crippen molar-refractivity contribution < 1.29 is 14.4 Å². The van der Waals surface area contributed by atoms with Gasteiger partial charge in [-0.15, -0.1) is 0 Å².